The highest BCUT2D eigenvalue weighted by atomic mass is 16.6. The fourth-order valence-electron chi connectivity index (χ4n) is 7.81. The number of rotatable bonds is 14. The van der Waals surface area contributed by atoms with Gasteiger partial charge >= 0.3 is 5.97 Å². The minimum Gasteiger partial charge on any atom is -0.465 e. The smallest absolute Gasteiger partial charge is 0.312 e. The van der Waals surface area contributed by atoms with E-state index in [0.717, 1.165) is 23.6 Å². The molecule has 1 N–H and O–H groups in total. The average Bonchev–Trinajstić information content (AvgIpc) is 3.58. The van der Waals surface area contributed by atoms with Crippen LogP contribution < -0.4 is 4.90 Å². The predicted molar refractivity (Wildman–Crippen MR) is 171 cm³/mol. The van der Waals surface area contributed by atoms with Gasteiger partial charge in [-0.05, 0) is 74.3 Å². The second kappa shape index (κ2) is 12.9. The van der Waals surface area contributed by atoms with Gasteiger partial charge in [0.1, 0.15) is 17.6 Å². The van der Waals surface area contributed by atoms with Crippen LogP contribution in [0.15, 0.2) is 67.8 Å². The van der Waals surface area contributed by atoms with Gasteiger partial charge in [-0.25, -0.2) is 0 Å². The van der Waals surface area contributed by atoms with Crippen molar-refractivity contribution in [2.45, 2.75) is 82.6 Å². The topological polar surface area (TPSA) is 96.4 Å². The maximum atomic E-state index is 14.9. The molecule has 44 heavy (non-hydrogen) atoms. The number of aliphatic hydroxyl groups excluding tert-OH is 1. The molecule has 2 amide bonds. The summed E-state index contributed by atoms with van der Waals surface area (Å²) in [5, 5.41) is 12.6. The van der Waals surface area contributed by atoms with Gasteiger partial charge in [0.25, 0.3) is 5.91 Å². The third-order valence-corrected chi connectivity index (χ3v) is 9.72. The molecule has 1 spiro atoms. The number of hydrogen-bond donors (Lipinski definition) is 1. The van der Waals surface area contributed by atoms with Crippen molar-refractivity contribution >= 4 is 34.2 Å². The van der Waals surface area contributed by atoms with E-state index in [-0.39, 0.29) is 37.5 Å². The number of benzene rings is 2. The third kappa shape index (κ3) is 5.47. The van der Waals surface area contributed by atoms with E-state index in [1.807, 2.05) is 69.3 Å². The van der Waals surface area contributed by atoms with Gasteiger partial charge in [0.05, 0.1) is 30.8 Å². The van der Waals surface area contributed by atoms with Gasteiger partial charge in [-0.2, -0.15) is 0 Å². The van der Waals surface area contributed by atoms with Gasteiger partial charge in [-0.1, -0.05) is 56.3 Å². The van der Waals surface area contributed by atoms with Gasteiger partial charge in [-0.3, -0.25) is 14.4 Å². The summed E-state index contributed by atoms with van der Waals surface area (Å²) in [6.45, 7) is 13.7. The molecule has 0 radical (unpaired) electrons. The van der Waals surface area contributed by atoms with E-state index < -0.39 is 41.1 Å². The van der Waals surface area contributed by atoms with Crippen LogP contribution in [0.25, 0.3) is 10.8 Å². The second-order valence-corrected chi connectivity index (χ2v) is 13.2. The summed E-state index contributed by atoms with van der Waals surface area (Å²) in [6.07, 6.45) is 7.37. The molecule has 0 aliphatic carbocycles. The third-order valence-electron chi connectivity index (χ3n) is 9.72. The van der Waals surface area contributed by atoms with Crippen molar-refractivity contribution in [2.24, 2.45) is 17.8 Å². The highest BCUT2D eigenvalue weighted by Crippen LogP contribution is 2.64. The van der Waals surface area contributed by atoms with Crippen molar-refractivity contribution in [3.05, 3.63) is 67.8 Å². The Hall–Kier alpha value is -3.49. The lowest BCUT2D eigenvalue weighted by atomic mass is 9.66. The van der Waals surface area contributed by atoms with E-state index in [2.05, 4.69) is 13.2 Å². The fourth-order valence-corrected chi connectivity index (χ4v) is 7.81. The van der Waals surface area contributed by atoms with Crippen molar-refractivity contribution in [3.8, 4) is 0 Å². The molecule has 2 bridgehead atoms. The zero-order valence-corrected chi connectivity index (χ0v) is 26.2. The number of aliphatic hydroxyl groups is 1. The molecule has 236 valence electrons. The lowest BCUT2D eigenvalue weighted by Crippen LogP contribution is -2.59. The fraction of sp³-hybridized carbons (Fsp3) is 0.528. The molecule has 6 atom stereocenters. The van der Waals surface area contributed by atoms with Crippen molar-refractivity contribution in [2.75, 3.05) is 24.7 Å². The Kier molecular flexibility index (Phi) is 9.33. The van der Waals surface area contributed by atoms with E-state index >= 15 is 0 Å². The zero-order chi connectivity index (χ0) is 31.6. The molecule has 3 saturated heterocycles. The highest BCUT2D eigenvalue weighted by Gasteiger charge is 2.79. The number of carbonyl (C=O) groups excluding carboxylic acids is 3. The van der Waals surface area contributed by atoms with Crippen molar-refractivity contribution in [1.82, 2.24) is 4.90 Å². The lowest BCUT2D eigenvalue weighted by molar-refractivity contribution is -0.160. The molecule has 8 heteroatoms. The number of ether oxygens (including phenoxy) is 2. The van der Waals surface area contributed by atoms with E-state index in [9.17, 15) is 19.5 Å². The molecular weight excluding hydrogens is 556 g/mol. The number of fused-ring (bicyclic) bond motifs is 2. The quantitative estimate of drug-likeness (QED) is 0.176. The number of carbonyl (C=O) groups is 3. The Morgan fingerprint density at radius 1 is 1.14 bits per heavy atom. The summed E-state index contributed by atoms with van der Waals surface area (Å²) in [5.41, 5.74) is -1.46. The van der Waals surface area contributed by atoms with Crippen LogP contribution in [0.2, 0.25) is 0 Å². The Balaban J connectivity index is 1.56. The predicted octanol–water partition coefficient (Wildman–Crippen LogP) is 5.43. The summed E-state index contributed by atoms with van der Waals surface area (Å²) in [4.78, 5) is 46.4. The van der Waals surface area contributed by atoms with Crippen LogP contribution >= 0.6 is 0 Å². The first-order valence-electron chi connectivity index (χ1n) is 15.9. The molecule has 2 aromatic rings. The first-order valence-corrected chi connectivity index (χ1v) is 15.9. The first-order chi connectivity index (χ1) is 21.1. The van der Waals surface area contributed by atoms with Crippen LogP contribution in [-0.2, 0) is 23.9 Å². The summed E-state index contributed by atoms with van der Waals surface area (Å²) in [7, 11) is 0. The van der Waals surface area contributed by atoms with Crippen LogP contribution in [0.4, 0.5) is 5.69 Å². The normalized spacial score (nSPS) is 27.9. The van der Waals surface area contributed by atoms with Crippen LogP contribution in [0.5, 0.6) is 0 Å². The molecule has 3 fully saturated rings. The van der Waals surface area contributed by atoms with Gasteiger partial charge < -0.3 is 24.4 Å². The Labute approximate surface area is 260 Å². The Morgan fingerprint density at radius 2 is 1.89 bits per heavy atom. The monoisotopic (exact) mass is 602 g/mol. The molecule has 3 aliphatic rings. The van der Waals surface area contributed by atoms with Crippen molar-refractivity contribution < 1.29 is 29.0 Å². The number of amides is 2. The standard InChI is InChI=1S/C36H46N2O6/c1-6-8-9-12-20-43-34(42)30-29-32(40)38(28(23-39)21-24(3)4)31(36(29)18-17-35(30,5)44-36)33(41)37(19-7-2)27-16-15-25-13-10-11-14-26(25)22-27/h6-7,10-11,13-16,22,24,28-31,39H,1-2,8-9,12,17-21,23H2,3-5H3/t28-,29+,30+,31?,35-,36?/m1/s1. The Bertz CT molecular complexity index is 1420. The summed E-state index contributed by atoms with van der Waals surface area (Å²) in [5.74, 6) is -2.64. The van der Waals surface area contributed by atoms with Gasteiger partial charge in [0.2, 0.25) is 5.91 Å². The maximum absolute atomic E-state index is 14.9. The number of unbranched alkanes of at least 4 members (excludes halogenated alkanes) is 2. The molecule has 2 unspecified atom stereocenters. The SMILES string of the molecule is C=CCCCCOC(=O)[C@@H]1[C@H]2C(=O)N([C@@H](CO)CC(C)C)C(C(=O)N(CC=C)c3ccc4ccccc4c3)C23CC[C@@]1(C)O3. The number of likely N-dealkylation sites (tertiary alicyclic amines) is 1. The minimum absolute atomic E-state index is 0.157. The molecule has 2 aromatic carbocycles. The van der Waals surface area contributed by atoms with Crippen molar-refractivity contribution in [1.29, 1.82) is 0 Å². The van der Waals surface area contributed by atoms with E-state index in [1.54, 1.807) is 15.9 Å². The maximum Gasteiger partial charge on any atom is 0.312 e. The van der Waals surface area contributed by atoms with Crippen molar-refractivity contribution in [3.63, 3.8) is 0 Å². The summed E-state index contributed by atoms with van der Waals surface area (Å²) >= 11 is 0. The van der Waals surface area contributed by atoms with Crippen LogP contribution in [0.3, 0.4) is 0 Å². The van der Waals surface area contributed by atoms with Crippen LogP contribution in [0, 0.1) is 17.8 Å². The van der Waals surface area contributed by atoms with Gasteiger partial charge in [0.15, 0.2) is 0 Å². The van der Waals surface area contributed by atoms with Crippen LogP contribution in [-0.4, -0.2) is 70.8 Å². The van der Waals surface area contributed by atoms with Gasteiger partial charge in [0, 0.05) is 12.2 Å². The molecule has 0 aromatic heterocycles. The molecule has 3 heterocycles. The van der Waals surface area contributed by atoms with E-state index in [4.69, 9.17) is 9.47 Å². The first kappa shape index (κ1) is 31.9. The number of allylic oxidation sites excluding steroid dienone is 1. The number of esters is 1. The number of hydrogen-bond acceptors (Lipinski definition) is 6. The van der Waals surface area contributed by atoms with E-state index in [1.165, 1.54) is 0 Å². The minimum atomic E-state index is -1.21. The molecule has 3 aliphatic heterocycles. The average molecular weight is 603 g/mol. The zero-order valence-electron chi connectivity index (χ0n) is 26.2. The van der Waals surface area contributed by atoms with Gasteiger partial charge in [-0.15, -0.1) is 13.2 Å². The summed E-state index contributed by atoms with van der Waals surface area (Å²) in [6, 6.07) is 12.1. The lowest BCUT2D eigenvalue weighted by Gasteiger charge is -2.40. The molecule has 0 saturated carbocycles. The second-order valence-electron chi connectivity index (χ2n) is 13.2. The van der Waals surface area contributed by atoms with Crippen LogP contribution in [0.1, 0.15) is 59.3 Å². The number of nitrogens with zero attached hydrogens (tertiary/aromatic N) is 2. The summed E-state index contributed by atoms with van der Waals surface area (Å²) < 4.78 is 12.5. The number of anilines is 1. The van der Waals surface area contributed by atoms with E-state index in [0.29, 0.717) is 31.4 Å². The highest BCUT2D eigenvalue weighted by molar-refractivity contribution is 6.05. The Morgan fingerprint density at radius 3 is 2.57 bits per heavy atom. The largest absolute Gasteiger partial charge is 0.465 e. The molecular formula is C36H46N2O6. The molecule has 8 nitrogen and oxygen atoms in total. The molecule has 5 rings (SSSR count).